The summed E-state index contributed by atoms with van der Waals surface area (Å²) in [6, 6.07) is 6.34. The van der Waals surface area contributed by atoms with Crippen LogP contribution in [0.15, 0.2) is 18.2 Å². The molecule has 0 aliphatic carbocycles. The highest BCUT2D eigenvalue weighted by Crippen LogP contribution is 2.12. The van der Waals surface area contributed by atoms with Gasteiger partial charge in [0.15, 0.2) is 5.78 Å². The second kappa shape index (κ2) is 5.66. The predicted octanol–water partition coefficient (Wildman–Crippen LogP) is 2.45. The van der Waals surface area contributed by atoms with Crippen molar-refractivity contribution in [2.24, 2.45) is 0 Å². The SMILES string of the molecule is COCC(=O)CCc1cc(C)ccc1C. The van der Waals surface area contributed by atoms with E-state index < -0.39 is 0 Å². The number of rotatable bonds is 5. The number of benzene rings is 1. The van der Waals surface area contributed by atoms with Crippen molar-refractivity contribution in [2.75, 3.05) is 13.7 Å². The third kappa shape index (κ3) is 3.84. The van der Waals surface area contributed by atoms with Crippen LogP contribution in [0.2, 0.25) is 0 Å². The Hall–Kier alpha value is -1.15. The quantitative estimate of drug-likeness (QED) is 0.739. The number of Topliss-reactive ketones (excluding diaryl/α,β-unsaturated/α-hetero) is 1. The van der Waals surface area contributed by atoms with E-state index in [4.69, 9.17) is 4.74 Å². The molecule has 0 amide bonds. The summed E-state index contributed by atoms with van der Waals surface area (Å²) in [6.07, 6.45) is 1.38. The molecule has 0 saturated carbocycles. The van der Waals surface area contributed by atoms with Gasteiger partial charge in [-0.2, -0.15) is 0 Å². The lowest BCUT2D eigenvalue weighted by atomic mass is 10.0. The summed E-state index contributed by atoms with van der Waals surface area (Å²) >= 11 is 0. The van der Waals surface area contributed by atoms with Crippen molar-refractivity contribution in [3.63, 3.8) is 0 Å². The lowest BCUT2D eigenvalue weighted by Gasteiger charge is -2.06. The van der Waals surface area contributed by atoms with Gasteiger partial charge in [-0.1, -0.05) is 23.8 Å². The number of ether oxygens (including phenoxy) is 1. The first-order valence-corrected chi connectivity index (χ1v) is 5.20. The molecule has 15 heavy (non-hydrogen) atoms. The molecule has 1 aromatic carbocycles. The molecular weight excluding hydrogens is 188 g/mol. The van der Waals surface area contributed by atoms with Crippen molar-refractivity contribution >= 4 is 5.78 Å². The number of ketones is 1. The largest absolute Gasteiger partial charge is 0.377 e. The van der Waals surface area contributed by atoms with Gasteiger partial charge in [0.2, 0.25) is 0 Å². The van der Waals surface area contributed by atoms with Crippen molar-refractivity contribution in [1.29, 1.82) is 0 Å². The summed E-state index contributed by atoms with van der Waals surface area (Å²) < 4.78 is 4.80. The molecule has 0 bridgehead atoms. The average Bonchev–Trinajstić information content (AvgIpc) is 2.20. The predicted molar refractivity (Wildman–Crippen MR) is 61.1 cm³/mol. The standard InChI is InChI=1S/C13H18O2/c1-10-4-5-11(2)12(8-10)6-7-13(14)9-15-3/h4-5,8H,6-7,9H2,1-3H3. The van der Waals surface area contributed by atoms with Crippen LogP contribution in [0.3, 0.4) is 0 Å². The van der Waals surface area contributed by atoms with Gasteiger partial charge in [-0.15, -0.1) is 0 Å². The monoisotopic (exact) mass is 206 g/mol. The van der Waals surface area contributed by atoms with Crippen molar-refractivity contribution in [2.45, 2.75) is 26.7 Å². The first kappa shape index (κ1) is 11.9. The Bertz CT molecular complexity index is 342. The second-order valence-electron chi connectivity index (χ2n) is 3.90. The van der Waals surface area contributed by atoms with Crippen LogP contribution in [0, 0.1) is 13.8 Å². The Morgan fingerprint density at radius 1 is 1.33 bits per heavy atom. The zero-order valence-corrected chi connectivity index (χ0v) is 9.67. The summed E-state index contributed by atoms with van der Waals surface area (Å²) in [4.78, 5) is 11.3. The minimum Gasteiger partial charge on any atom is -0.377 e. The van der Waals surface area contributed by atoms with E-state index in [2.05, 4.69) is 32.0 Å². The normalized spacial score (nSPS) is 10.3. The van der Waals surface area contributed by atoms with Crippen LogP contribution in [0.25, 0.3) is 0 Å². The second-order valence-corrected chi connectivity index (χ2v) is 3.90. The van der Waals surface area contributed by atoms with Crippen molar-refractivity contribution in [3.05, 3.63) is 34.9 Å². The zero-order valence-electron chi connectivity index (χ0n) is 9.67. The molecule has 0 heterocycles. The number of aryl methyl sites for hydroxylation is 3. The molecular formula is C13H18O2. The summed E-state index contributed by atoms with van der Waals surface area (Å²) in [5, 5.41) is 0. The third-order valence-electron chi connectivity index (χ3n) is 2.48. The lowest BCUT2D eigenvalue weighted by Crippen LogP contribution is -2.07. The average molecular weight is 206 g/mol. The fourth-order valence-electron chi connectivity index (χ4n) is 1.58. The molecule has 0 atom stereocenters. The van der Waals surface area contributed by atoms with Crippen LogP contribution < -0.4 is 0 Å². The summed E-state index contributed by atoms with van der Waals surface area (Å²) in [5.41, 5.74) is 3.76. The van der Waals surface area contributed by atoms with E-state index in [-0.39, 0.29) is 12.4 Å². The Balaban J connectivity index is 2.57. The molecule has 0 N–H and O–H groups in total. The first-order chi connectivity index (χ1) is 7.13. The van der Waals surface area contributed by atoms with Gasteiger partial charge in [-0.05, 0) is 31.4 Å². The Morgan fingerprint density at radius 3 is 2.73 bits per heavy atom. The third-order valence-corrected chi connectivity index (χ3v) is 2.48. The molecule has 82 valence electrons. The van der Waals surface area contributed by atoms with E-state index in [1.165, 1.54) is 16.7 Å². The van der Waals surface area contributed by atoms with Gasteiger partial charge in [0.05, 0.1) is 0 Å². The highest BCUT2D eigenvalue weighted by Gasteiger charge is 2.04. The van der Waals surface area contributed by atoms with Gasteiger partial charge >= 0.3 is 0 Å². The molecule has 0 saturated heterocycles. The van der Waals surface area contributed by atoms with Crippen LogP contribution in [0.4, 0.5) is 0 Å². The molecule has 1 aromatic rings. The number of hydrogen-bond acceptors (Lipinski definition) is 2. The van der Waals surface area contributed by atoms with Crippen LogP contribution in [0.1, 0.15) is 23.1 Å². The number of carbonyl (C=O) groups excluding carboxylic acids is 1. The molecule has 2 heteroatoms. The molecule has 0 unspecified atom stereocenters. The van der Waals surface area contributed by atoms with Gasteiger partial charge in [-0.25, -0.2) is 0 Å². The lowest BCUT2D eigenvalue weighted by molar-refractivity contribution is -0.122. The van der Waals surface area contributed by atoms with E-state index in [1.54, 1.807) is 7.11 Å². The Labute approximate surface area is 91.3 Å². The maximum Gasteiger partial charge on any atom is 0.158 e. The van der Waals surface area contributed by atoms with Crippen molar-refractivity contribution < 1.29 is 9.53 Å². The minimum atomic E-state index is 0.165. The number of carbonyl (C=O) groups is 1. The first-order valence-electron chi connectivity index (χ1n) is 5.20. The van der Waals surface area contributed by atoms with E-state index in [9.17, 15) is 4.79 Å². The van der Waals surface area contributed by atoms with Gasteiger partial charge < -0.3 is 4.74 Å². The molecule has 0 fully saturated rings. The van der Waals surface area contributed by atoms with Gasteiger partial charge in [0, 0.05) is 13.5 Å². The highest BCUT2D eigenvalue weighted by atomic mass is 16.5. The summed E-state index contributed by atoms with van der Waals surface area (Å²) in [5.74, 6) is 0.165. The maximum absolute atomic E-state index is 11.3. The Kier molecular flexibility index (Phi) is 4.50. The molecule has 2 nitrogen and oxygen atoms in total. The minimum absolute atomic E-state index is 0.165. The van der Waals surface area contributed by atoms with E-state index in [0.29, 0.717) is 6.42 Å². The fourth-order valence-corrected chi connectivity index (χ4v) is 1.58. The van der Waals surface area contributed by atoms with Gasteiger partial charge in [0.1, 0.15) is 6.61 Å². The van der Waals surface area contributed by atoms with Crippen LogP contribution in [-0.2, 0) is 16.0 Å². The van der Waals surface area contributed by atoms with Crippen LogP contribution in [0.5, 0.6) is 0 Å². The molecule has 0 spiro atoms. The molecule has 1 rings (SSSR count). The van der Waals surface area contributed by atoms with E-state index in [0.717, 1.165) is 6.42 Å². The summed E-state index contributed by atoms with van der Waals surface area (Å²) in [6.45, 7) is 4.38. The van der Waals surface area contributed by atoms with E-state index >= 15 is 0 Å². The van der Waals surface area contributed by atoms with Crippen LogP contribution in [-0.4, -0.2) is 19.5 Å². The Morgan fingerprint density at radius 2 is 2.07 bits per heavy atom. The molecule has 0 aliphatic heterocycles. The van der Waals surface area contributed by atoms with Gasteiger partial charge in [-0.3, -0.25) is 4.79 Å². The zero-order chi connectivity index (χ0) is 11.3. The molecule has 0 radical (unpaired) electrons. The smallest absolute Gasteiger partial charge is 0.158 e. The topological polar surface area (TPSA) is 26.3 Å². The fraction of sp³-hybridized carbons (Fsp3) is 0.462. The maximum atomic E-state index is 11.3. The van der Waals surface area contributed by atoms with E-state index in [1.807, 2.05) is 0 Å². The molecule has 0 aromatic heterocycles. The number of hydrogen-bond donors (Lipinski definition) is 0. The summed E-state index contributed by atoms with van der Waals surface area (Å²) in [7, 11) is 1.55. The van der Waals surface area contributed by atoms with Crippen LogP contribution >= 0.6 is 0 Å². The van der Waals surface area contributed by atoms with Crippen molar-refractivity contribution in [1.82, 2.24) is 0 Å². The van der Waals surface area contributed by atoms with Gasteiger partial charge in [0.25, 0.3) is 0 Å². The molecule has 0 aliphatic rings. The van der Waals surface area contributed by atoms with Crippen molar-refractivity contribution in [3.8, 4) is 0 Å². The highest BCUT2D eigenvalue weighted by molar-refractivity contribution is 5.79. The number of methoxy groups -OCH3 is 1.